The summed E-state index contributed by atoms with van der Waals surface area (Å²) in [4.78, 5) is 0.870. The number of hydrogen-bond acceptors (Lipinski definition) is 3. The first-order chi connectivity index (χ1) is 9.16. The van der Waals surface area contributed by atoms with Crippen LogP contribution in [0, 0.1) is 0 Å². The van der Waals surface area contributed by atoms with Crippen LogP contribution in [0.25, 0.3) is 0 Å². The number of halogens is 3. The number of benzene rings is 1. The Balaban J connectivity index is 1.93. The number of anilines is 1. The molecular formula is C13H9Cl3N2S. The number of para-hydroxylation sites is 1. The molecule has 0 spiro atoms. The van der Waals surface area contributed by atoms with Crippen molar-refractivity contribution in [3.05, 3.63) is 49.6 Å². The third-order valence-corrected chi connectivity index (χ3v) is 5.50. The molecule has 0 bridgehead atoms. The van der Waals surface area contributed by atoms with Crippen molar-refractivity contribution in [1.29, 1.82) is 0 Å². The van der Waals surface area contributed by atoms with Gasteiger partial charge in [0.2, 0.25) is 0 Å². The summed E-state index contributed by atoms with van der Waals surface area (Å²) in [6.45, 7) is 0.836. The zero-order valence-electron chi connectivity index (χ0n) is 9.74. The molecule has 0 atom stereocenters. The van der Waals surface area contributed by atoms with Gasteiger partial charge in [-0.05, 0) is 12.1 Å². The average Bonchev–Trinajstić information content (AvgIpc) is 3.01. The van der Waals surface area contributed by atoms with Crippen LogP contribution in [0.5, 0.6) is 0 Å². The Labute approximate surface area is 130 Å². The highest BCUT2D eigenvalue weighted by Gasteiger charge is 2.23. The molecule has 3 rings (SSSR count). The predicted molar refractivity (Wildman–Crippen MR) is 84.3 cm³/mol. The van der Waals surface area contributed by atoms with E-state index in [1.54, 1.807) is 0 Å². The number of hydrogen-bond donors (Lipinski definition) is 0. The first kappa shape index (κ1) is 13.3. The Morgan fingerprint density at radius 3 is 2.42 bits per heavy atom. The first-order valence-electron chi connectivity index (χ1n) is 5.70. The number of hydrazone groups is 1. The molecule has 2 aromatic rings. The Hall–Kier alpha value is -0.740. The van der Waals surface area contributed by atoms with Crippen molar-refractivity contribution in [1.82, 2.24) is 0 Å². The third-order valence-electron chi connectivity index (χ3n) is 2.87. The fourth-order valence-electron chi connectivity index (χ4n) is 1.95. The average molecular weight is 332 g/mol. The molecule has 98 valence electrons. The summed E-state index contributed by atoms with van der Waals surface area (Å²) in [7, 11) is 0. The molecule has 0 fully saturated rings. The lowest BCUT2D eigenvalue weighted by molar-refractivity contribution is 0.922. The van der Waals surface area contributed by atoms with Crippen LogP contribution in [-0.4, -0.2) is 12.3 Å². The van der Waals surface area contributed by atoms with E-state index in [0.29, 0.717) is 14.4 Å². The minimum Gasteiger partial charge on any atom is -0.265 e. The maximum atomic E-state index is 6.18. The van der Waals surface area contributed by atoms with Gasteiger partial charge >= 0.3 is 0 Å². The number of thiophene rings is 1. The SMILES string of the molecule is Clc1sc(C2=NN(c3ccccc3)CC2)c(Cl)c1Cl. The second-order valence-electron chi connectivity index (χ2n) is 4.09. The van der Waals surface area contributed by atoms with Crippen LogP contribution in [0.1, 0.15) is 11.3 Å². The van der Waals surface area contributed by atoms with Crippen LogP contribution in [-0.2, 0) is 0 Å². The van der Waals surface area contributed by atoms with Crippen LogP contribution in [0.4, 0.5) is 5.69 Å². The molecule has 2 heterocycles. The fraction of sp³-hybridized carbons (Fsp3) is 0.154. The molecular weight excluding hydrogens is 323 g/mol. The molecule has 0 aliphatic carbocycles. The van der Waals surface area contributed by atoms with Gasteiger partial charge in [-0.2, -0.15) is 5.10 Å². The largest absolute Gasteiger partial charge is 0.265 e. The molecule has 0 saturated carbocycles. The van der Waals surface area contributed by atoms with Gasteiger partial charge in [0, 0.05) is 13.0 Å². The molecule has 19 heavy (non-hydrogen) atoms. The molecule has 1 aromatic carbocycles. The molecule has 2 nitrogen and oxygen atoms in total. The topological polar surface area (TPSA) is 15.6 Å². The van der Waals surface area contributed by atoms with Crippen LogP contribution in [0.3, 0.4) is 0 Å². The fourth-order valence-corrected chi connectivity index (χ4v) is 3.79. The highest BCUT2D eigenvalue weighted by molar-refractivity contribution is 7.19. The van der Waals surface area contributed by atoms with Gasteiger partial charge in [-0.15, -0.1) is 11.3 Å². The quantitative estimate of drug-likeness (QED) is 0.727. The van der Waals surface area contributed by atoms with Crippen LogP contribution >= 0.6 is 46.1 Å². The summed E-state index contributed by atoms with van der Waals surface area (Å²) >= 11 is 19.6. The van der Waals surface area contributed by atoms with E-state index in [9.17, 15) is 0 Å². The van der Waals surface area contributed by atoms with Crippen molar-refractivity contribution in [2.24, 2.45) is 5.10 Å². The summed E-state index contributed by atoms with van der Waals surface area (Å²) < 4.78 is 0.516. The summed E-state index contributed by atoms with van der Waals surface area (Å²) in [5.74, 6) is 0. The number of rotatable bonds is 2. The molecule has 0 radical (unpaired) electrons. The van der Waals surface area contributed by atoms with E-state index < -0.39 is 0 Å². The second-order valence-corrected chi connectivity index (χ2v) is 6.47. The Morgan fingerprint density at radius 1 is 1.05 bits per heavy atom. The highest BCUT2D eigenvalue weighted by atomic mass is 35.5. The zero-order chi connectivity index (χ0) is 13.4. The molecule has 0 saturated heterocycles. The summed E-state index contributed by atoms with van der Waals surface area (Å²) in [5, 5.41) is 7.49. The van der Waals surface area contributed by atoms with Gasteiger partial charge in [0.1, 0.15) is 4.34 Å². The van der Waals surface area contributed by atoms with Gasteiger partial charge in [-0.25, -0.2) is 0 Å². The first-order valence-corrected chi connectivity index (χ1v) is 7.65. The maximum absolute atomic E-state index is 6.18. The van der Waals surface area contributed by atoms with E-state index in [1.807, 2.05) is 35.3 Å². The van der Waals surface area contributed by atoms with Crippen molar-refractivity contribution in [2.45, 2.75) is 6.42 Å². The van der Waals surface area contributed by atoms with Gasteiger partial charge in [0.05, 0.1) is 26.3 Å². The van der Waals surface area contributed by atoms with Crippen LogP contribution in [0.15, 0.2) is 35.4 Å². The lowest BCUT2D eigenvalue weighted by Crippen LogP contribution is -2.11. The van der Waals surface area contributed by atoms with Gasteiger partial charge in [0.25, 0.3) is 0 Å². The van der Waals surface area contributed by atoms with Crippen molar-refractivity contribution < 1.29 is 0 Å². The summed E-state index contributed by atoms with van der Waals surface area (Å²) in [6, 6.07) is 10.0. The van der Waals surface area contributed by atoms with E-state index in [1.165, 1.54) is 11.3 Å². The molecule has 0 amide bonds. The Bertz CT molecular complexity index is 637. The van der Waals surface area contributed by atoms with E-state index in [4.69, 9.17) is 34.8 Å². The van der Waals surface area contributed by atoms with Crippen molar-refractivity contribution in [3.63, 3.8) is 0 Å². The van der Waals surface area contributed by atoms with Crippen molar-refractivity contribution in [3.8, 4) is 0 Å². The van der Waals surface area contributed by atoms with Crippen LogP contribution < -0.4 is 5.01 Å². The van der Waals surface area contributed by atoms with E-state index in [2.05, 4.69) is 5.10 Å². The molecule has 0 unspecified atom stereocenters. The Kier molecular flexibility index (Phi) is 3.72. The van der Waals surface area contributed by atoms with Crippen molar-refractivity contribution >= 4 is 57.5 Å². The van der Waals surface area contributed by atoms with Crippen molar-refractivity contribution in [2.75, 3.05) is 11.6 Å². The summed E-state index contributed by atoms with van der Waals surface area (Å²) in [6.07, 6.45) is 0.835. The van der Waals surface area contributed by atoms with E-state index >= 15 is 0 Å². The third kappa shape index (κ3) is 2.48. The predicted octanol–water partition coefficient (Wildman–Crippen LogP) is 5.32. The van der Waals surface area contributed by atoms with Gasteiger partial charge in [-0.1, -0.05) is 53.0 Å². The molecule has 6 heteroatoms. The lowest BCUT2D eigenvalue weighted by atomic mass is 10.2. The summed E-state index contributed by atoms with van der Waals surface area (Å²) in [5.41, 5.74) is 2.01. The second kappa shape index (κ2) is 5.33. The van der Waals surface area contributed by atoms with Crippen LogP contribution in [0.2, 0.25) is 14.4 Å². The number of nitrogens with zero attached hydrogens (tertiary/aromatic N) is 2. The monoisotopic (exact) mass is 330 g/mol. The standard InChI is InChI=1S/C13H9Cl3N2S/c14-10-11(15)13(16)19-12(10)9-6-7-18(17-9)8-4-2-1-3-5-8/h1-5H,6-7H2. The maximum Gasteiger partial charge on any atom is 0.114 e. The molecule has 1 aliphatic rings. The minimum absolute atomic E-state index is 0.421. The highest BCUT2D eigenvalue weighted by Crippen LogP contribution is 2.41. The van der Waals surface area contributed by atoms with Gasteiger partial charge in [0.15, 0.2) is 0 Å². The lowest BCUT2D eigenvalue weighted by Gasteiger charge is -2.12. The minimum atomic E-state index is 0.421. The van der Waals surface area contributed by atoms with Gasteiger partial charge in [-0.3, -0.25) is 5.01 Å². The molecule has 1 aromatic heterocycles. The zero-order valence-corrected chi connectivity index (χ0v) is 12.8. The smallest absolute Gasteiger partial charge is 0.114 e. The Morgan fingerprint density at radius 2 is 1.79 bits per heavy atom. The molecule has 1 aliphatic heterocycles. The van der Waals surface area contributed by atoms with E-state index in [0.717, 1.165) is 29.2 Å². The molecule has 0 N–H and O–H groups in total. The van der Waals surface area contributed by atoms with Gasteiger partial charge < -0.3 is 0 Å². The normalized spacial score (nSPS) is 14.9. The van der Waals surface area contributed by atoms with E-state index in [-0.39, 0.29) is 0 Å².